The molecular formula is C11H25ClN2O2S. The van der Waals surface area contributed by atoms with Crippen LogP contribution >= 0.6 is 12.4 Å². The van der Waals surface area contributed by atoms with Crippen molar-refractivity contribution in [2.75, 3.05) is 25.4 Å². The van der Waals surface area contributed by atoms with Gasteiger partial charge in [-0.25, -0.2) is 12.7 Å². The van der Waals surface area contributed by atoms with Gasteiger partial charge in [0.25, 0.3) is 0 Å². The van der Waals surface area contributed by atoms with Gasteiger partial charge in [0.1, 0.15) is 0 Å². The van der Waals surface area contributed by atoms with Crippen molar-refractivity contribution in [2.24, 2.45) is 0 Å². The molecule has 0 atom stereocenters. The molecule has 0 saturated heterocycles. The quantitative estimate of drug-likeness (QED) is 0.773. The summed E-state index contributed by atoms with van der Waals surface area (Å²) in [5.41, 5.74) is 0. The van der Waals surface area contributed by atoms with Gasteiger partial charge in [0.2, 0.25) is 10.0 Å². The predicted octanol–water partition coefficient (Wildman–Crippen LogP) is 1.61. The summed E-state index contributed by atoms with van der Waals surface area (Å²) in [6.07, 6.45) is 4.96. The van der Waals surface area contributed by atoms with E-state index in [1.54, 1.807) is 0 Å². The Morgan fingerprint density at radius 2 is 1.71 bits per heavy atom. The molecule has 6 heteroatoms. The topological polar surface area (TPSA) is 49.4 Å². The van der Waals surface area contributed by atoms with Crippen LogP contribution in [0.5, 0.6) is 0 Å². The highest BCUT2D eigenvalue weighted by Gasteiger charge is 2.19. The minimum absolute atomic E-state index is 0. The average molecular weight is 285 g/mol. The lowest BCUT2D eigenvalue weighted by Crippen LogP contribution is -2.38. The Morgan fingerprint density at radius 1 is 1.18 bits per heavy atom. The van der Waals surface area contributed by atoms with Crippen LogP contribution in [0, 0.1) is 0 Å². The van der Waals surface area contributed by atoms with E-state index in [2.05, 4.69) is 5.32 Å². The molecule has 0 aromatic heterocycles. The lowest BCUT2D eigenvalue weighted by molar-refractivity contribution is 0.441. The van der Waals surface area contributed by atoms with Crippen LogP contribution in [-0.2, 0) is 10.0 Å². The Bertz CT molecular complexity index is 286. The van der Waals surface area contributed by atoms with Crippen molar-refractivity contribution in [1.29, 1.82) is 0 Å². The van der Waals surface area contributed by atoms with Gasteiger partial charge in [0, 0.05) is 25.7 Å². The van der Waals surface area contributed by atoms with Gasteiger partial charge in [-0.2, -0.15) is 0 Å². The third-order valence-corrected chi connectivity index (χ3v) is 5.27. The summed E-state index contributed by atoms with van der Waals surface area (Å²) in [7, 11) is -3.04. The third kappa shape index (κ3) is 5.55. The molecular weight excluding hydrogens is 260 g/mol. The molecule has 1 aliphatic carbocycles. The van der Waals surface area contributed by atoms with Crippen LogP contribution in [0.1, 0.15) is 39.5 Å². The Kier molecular flexibility index (Phi) is 8.37. The van der Waals surface area contributed by atoms with Crippen LogP contribution in [0.2, 0.25) is 0 Å². The van der Waals surface area contributed by atoms with Gasteiger partial charge in [-0.15, -0.1) is 12.4 Å². The van der Waals surface area contributed by atoms with E-state index in [0.717, 1.165) is 0 Å². The largest absolute Gasteiger partial charge is 0.313 e. The molecule has 1 fully saturated rings. The molecule has 0 aliphatic heterocycles. The molecule has 0 amide bonds. The van der Waals surface area contributed by atoms with Crippen LogP contribution in [-0.4, -0.2) is 44.2 Å². The maximum absolute atomic E-state index is 11.9. The van der Waals surface area contributed by atoms with E-state index in [1.165, 1.54) is 30.0 Å². The molecule has 0 heterocycles. The Hall–Kier alpha value is 0.160. The summed E-state index contributed by atoms with van der Waals surface area (Å²) in [6, 6.07) is 0.548. The second-order valence-corrected chi connectivity index (χ2v) is 6.42. The summed E-state index contributed by atoms with van der Waals surface area (Å²) in [6.45, 7) is 5.49. The molecule has 0 aromatic rings. The number of nitrogens with one attached hydrogen (secondary N) is 1. The van der Waals surface area contributed by atoms with Crippen LogP contribution in [0.15, 0.2) is 0 Å². The highest BCUT2D eigenvalue weighted by Crippen LogP contribution is 2.17. The molecule has 0 unspecified atom stereocenters. The normalized spacial score (nSPS) is 17.4. The fourth-order valence-electron chi connectivity index (χ4n) is 2.27. The number of rotatable bonds is 7. The first-order chi connectivity index (χ1) is 7.60. The van der Waals surface area contributed by atoms with Crippen LogP contribution < -0.4 is 5.32 Å². The standard InChI is InChI=1S/C11H24N2O2S.ClH/c1-3-13(4-2)16(14,15)10-9-12-11-7-5-6-8-11;/h11-12H,3-10H2,1-2H3;1H. The zero-order chi connectivity index (χ0) is 12.0. The number of sulfonamides is 1. The highest BCUT2D eigenvalue weighted by molar-refractivity contribution is 7.89. The lowest BCUT2D eigenvalue weighted by Gasteiger charge is -2.19. The van der Waals surface area contributed by atoms with Crippen LogP contribution in [0.4, 0.5) is 0 Å². The molecule has 1 N–H and O–H groups in total. The first-order valence-corrected chi connectivity index (χ1v) is 7.92. The molecule has 0 spiro atoms. The molecule has 1 aliphatic rings. The molecule has 17 heavy (non-hydrogen) atoms. The van der Waals surface area contributed by atoms with Gasteiger partial charge in [-0.05, 0) is 12.8 Å². The third-order valence-electron chi connectivity index (χ3n) is 3.25. The molecule has 1 rings (SSSR count). The van der Waals surface area contributed by atoms with Crippen molar-refractivity contribution in [3.8, 4) is 0 Å². The molecule has 0 radical (unpaired) electrons. The van der Waals surface area contributed by atoms with Gasteiger partial charge < -0.3 is 5.32 Å². The van der Waals surface area contributed by atoms with Gasteiger partial charge in [0.05, 0.1) is 5.75 Å². The predicted molar refractivity (Wildman–Crippen MR) is 74.2 cm³/mol. The first-order valence-electron chi connectivity index (χ1n) is 6.31. The Morgan fingerprint density at radius 3 is 2.18 bits per heavy atom. The Balaban J connectivity index is 0.00000256. The van der Waals surface area contributed by atoms with Crippen LogP contribution in [0.25, 0.3) is 0 Å². The lowest BCUT2D eigenvalue weighted by atomic mass is 10.2. The molecule has 4 nitrogen and oxygen atoms in total. The first kappa shape index (κ1) is 17.2. The zero-order valence-corrected chi connectivity index (χ0v) is 12.4. The second-order valence-electron chi connectivity index (χ2n) is 4.34. The maximum Gasteiger partial charge on any atom is 0.215 e. The van der Waals surface area contributed by atoms with Crippen LogP contribution in [0.3, 0.4) is 0 Å². The number of hydrogen-bond donors (Lipinski definition) is 1. The number of halogens is 1. The number of hydrogen-bond acceptors (Lipinski definition) is 3. The van der Waals surface area contributed by atoms with Crippen molar-refractivity contribution >= 4 is 22.4 Å². The fourth-order valence-corrected chi connectivity index (χ4v) is 3.69. The Labute approximate surface area is 112 Å². The van der Waals surface area contributed by atoms with E-state index in [0.29, 0.717) is 25.7 Å². The SMILES string of the molecule is CCN(CC)S(=O)(=O)CCNC1CCCC1.Cl. The molecule has 0 aromatic carbocycles. The van der Waals surface area contributed by atoms with E-state index >= 15 is 0 Å². The van der Waals surface area contributed by atoms with Crippen molar-refractivity contribution in [3.63, 3.8) is 0 Å². The summed E-state index contributed by atoms with van der Waals surface area (Å²) in [5, 5.41) is 3.33. The molecule has 104 valence electrons. The van der Waals surface area contributed by atoms with Crippen molar-refractivity contribution < 1.29 is 8.42 Å². The van der Waals surface area contributed by atoms with Gasteiger partial charge in [-0.3, -0.25) is 0 Å². The van der Waals surface area contributed by atoms with E-state index in [1.807, 2.05) is 13.8 Å². The average Bonchev–Trinajstić information content (AvgIpc) is 2.71. The van der Waals surface area contributed by atoms with Crippen molar-refractivity contribution in [2.45, 2.75) is 45.6 Å². The molecule has 1 saturated carbocycles. The smallest absolute Gasteiger partial charge is 0.215 e. The van der Waals surface area contributed by atoms with Gasteiger partial charge >= 0.3 is 0 Å². The van der Waals surface area contributed by atoms with E-state index in [9.17, 15) is 8.42 Å². The van der Waals surface area contributed by atoms with Gasteiger partial charge in [0.15, 0.2) is 0 Å². The summed E-state index contributed by atoms with van der Waals surface area (Å²) < 4.78 is 25.2. The minimum atomic E-state index is -3.04. The van der Waals surface area contributed by atoms with E-state index in [4.69, 9.17) is 0 Å². The van der Waals surface area contributed by atoms with E-state index < -0.39 is 10.0 Å². The maximum atomic E-state index is 11.9. The summed E-state index contributed by atoms with van der Waals surface area (Å²) >= 11 is 0. The number of nitrogens with zero attached hydrogens (tertiary/aromatic N) is 1. The minimum Gasteiger partial charge on any atom is -0.313 e. The van der Waals surface area contributed by atoms with Crippen molar-refractivity contribution in [1.82, 2.24) is 9.62 Å². The highest BCUT2D eigenvalue weighted by atomic mass is 35.5. The fraction of sp³-hybridized carbons (Fsp3) is 1.00. The summed E-state index contributed by atoms with van der Waals surface area (Å²) in [4.78, 5) is 0. The second kappa shape index (κ2) is 8.29. The van der Waals surface area contributed by atoms with E-state index in [-0.39, 0.29) is 18.2 Å². The zero-order valence-electron chi connectivity index (χ0n) is 10.8. The summed E-state index contributed by atoms with van der Waals surface area (Å²) in [5.74, 6) is 0.227. The monoisotopic (exact) mass is 284 g/mol. The van der Waals surface area contributed by atoms with Gasteiger partial charge in [-0.1, -0.05) is 26.7 Å². The molecule has 0 bridgehead atoms. The van der Waals surface area contributed by atoms with Crippen molar-refractivity contribution in [3.05, 3.63) is 0 Å².